The predicted octanol–water partition coefficient (Wildman–Crippen LogP) is 3.47. The highest BCUT2D eigenvalue weighted by Crippen LogP contribution is 2.40. The molecule has 7 heteroatoms. The van der Waals surface area contributed by atoms with E-state index in [0.717, 1.165) is 18.4 Å². The molecule has 1 saturated carbocycles. The molecule has 0 aromatic heterocycles. The highest BCUT2D eigenvalue weighted by Gasteiger charge is 2.29. The minimum atomic E-state index is -0.287. The van der Waals surface area contributed by atoms with Crippen molar-refractivity contribution in [3.8, 4) is 17.2 Å². The van der Waals surface area contributed by atoms with E-state index in [2.05, 4.69) is 10.6 Å². The monoisotopic (exact) mass is 394 g/mol. The number of anilines is 2. The molecular formula is C22H22N2O5. The first-order valence-corrected chi connectivity index (χ1v) is 9.50. The van der Waals surface area contributed by atoms with Gasteiger partial charge in [0.25, 0.3) is 0 Å². The molecule has 4 rings (SSSR count). The van der Waals surface area contributed by atoms with Crippen molar-refractivity contribution >= 4 is 29.3 Å². The van der Waals surface area contributed by atoms with Gasteiger partial charge in [0.05, 0.1) is 7.11 Å². The summed E-state index contributed by atoms with van der Waals surface area (Å²) in [6, 6.07) is 10.7. The molecule has 2 amide bonds. The minimum absolute atomic E-state index is 0.0286. The van der Waals surface area contributed by atoms with Crippen molar-refractivity contribution in [2.24, 2.45) is 5.92 Å². The van der Waals surface area contributed by atoms with Gasteiger partial charge in [0.15, 0.2) is 11.5 Å². The molecule has 0 atom stereocenters. The second-order valence-corrected chi connectivity index (χ2v) is 6.91. The zero-order valence-electron chi connectivity index (χ0n) is 16.1. The van der Waals surface area contributed by atoms with Gasteiger partial charge < -0.3 is 24.8 Å². The second-order valence-electron chi connectivity index (χ2n) is 6.91. The third-order valence-corrected chi connectivity index (χ3v) is 4.62. The zero-order chi connectivity index (χ0) is 20.2. The molecule has 0 unspecified atom stereocenters. The first kappa shape index (κ1) is 18.9. The van der Waals surface area contributed by atoms with Crippen molar-refractivity contribution in [2.75, 3.05) is 31.0 Å². The van der Waals surface area contributed by atoms with Gasteiger partial charge in [-0.15, -0.1) is 0 Å². The van der Waals surface area contributed by atoms with E-state index in [9.17, 15) is 9.59 Å². The Bertz CT molecular complexity index is 948. The van der Waals surface area contributed by atoms with E-state index in [4.69, 9.17) is 14.2 Å². The molecule has 2 aromatic rings. The predicted molar refractivity (Wildman–Crippen MR) is 109 cm³/mol. The molecule has 0 saturated heterocycles. The normalized spacial score (nSPS) is 15.1. The number of ether oxygens (including phenoxy) is 3. The summed E-state index contributed by atoms with van der Waals surface area (Å²) >= 11 is 0. The zero-order valence-corrected chi connectivity index (χ0v) is 16.1. The average molecular weight is 394 g/mol. The number of nitrogens with one attached hydrogen (secondary N) is 2. The van der Waals surface area contributed by atoms with Crippen LogP contribution >= 0.6 is 0 Å². The van der Waals surface area contributed by atoms with Crippen LogP contribution in [-0.4, -0.2) is 32.1 Å². The minimum Gasteiger partial charge on any atom is -0.493 e. The molecule has 0 spiro atoms. The van der Waals surface area contributed by atoms with Gasteiger partial charge in [-0.25, -0.2) is 0 Å². The molecular weight excluding hydrogens is 372 g/mol. The SMILES string of the molecule is COc1cc(C=CC(=O)Nc2cccc(NC(=O)C3CC3)c2)cc2c1OCCO2. The van der Waals surface area contributed by atoms with E-state index >= 15 is 0 Å². The van der Waals surface area contributed by atoms with Crippen LogP contribution in [0.3, 0.4) is 0 Å². The fourth-order valence-corrected chi connectivity index (χ4v) is 3.01. The van der Waals surface area contributed by atoms with Crippen molar-refractivity contribution in [2.45, 2.75) is 12.8 Å². The van der Waals surface area contributed by atoms with Crippen LogP contribution in [0.15, 0.2) is 42.5 Å². The average Bonchev–Trinajstić information content (AvgIpc) is 3.57. The molecule has 0 bridgehead atoms. The molecule has 29 heavy (non-hydrogen) atoms. The van der Waals surface area contributed by atoms with Crippen LogP contribution in [-0.2, 0) is 9.59 Å². The molecule has 0 radical (unpaired) electrons. The first-order chi connectivity index (χ1) is 14.1. The highest BCUT2D eigenvalue weighted by molar-refractivity contribution is 6.02. The maximum Gasteiger partial charge on any atom is 0.248 e. The van der Waals surface area contributed by atoms with E-state index < -0.39 is 0 Å². The van der Waals surface area contributed by atoms with Crippen molar-refractivity contribution < 1.29 is 23.8 Å². The van der Waals surface area contributed by atoms with Crippen LogP contribution in [0.4, 0.5) is 11.4 Å². The maximum atomic E-state index is 12.3. The van der Waals surface area contributed by atoms with Crippen molar-refractivity contribution in [3.63, 3.8) is 0 Å². The number of fused-ring (bicyclic) bond motifs is 1. The van der Waals surface area contributed by atoms with Gasteiger partial charge in [0.1, 0.15) is 13.2 Å². The third kappa shape index (κ3) is 4.68. The Balaban J connectivity index is 1.42. The standard InChI is InChI=1S/C22H22N2O5/c1-27-18-11-14(12-19-21(18)29-10-9-28-19)5-8-20(25)23-16-3-2-4-17(13-16)24-22(26)15-6-7-15/h2-5,8,11-13,15H,6-7,9-10H2,1H3,(H,23,25)(H,24,26). The maximum absolute atomic E-state index is 12.3. The largest absolute Gasteiger partial charge is 0.493 e. The number of hydrogen-bond donors (Lipinski definition) is 2. The Morgan fingerprint density at radius 1 is 1.07 bits per heavy atom. The number of carbonyl (C=O) groups excluding carboxylic acids is 2. The van der Waals surface area contributed by atoms with Gasteiger partial charge >= 0.3 is 0 Å². The lowest BCUT2D eigenvalue weighted by atomic mass is 10.1. The Labute approximate surface area is 168 Å². The Kier molecular flexibility index (Phi) is 5.37. The molecule has 1 aliphatic heterocycles. The number of benzene rings is 2. The summed E-state index contributed by atoms with van der Waals surface area (Å²) in [5.74, 6) is 1.59. The third-order valence-electron chi connectivity index (χ3n) is 4.62. The smallest absolute Gasteiger partial charge is 0.248 e. The van der Waals surface area contributed by atoms with E-state index in [1.54, 1.807) is 49.6 Å². The topological polar surface area (TPSA) is 85.9 Å². The van der Waals surface area contributed by atoms with Crippen molar-refractivity contribution in [1.82, 2.24) is 0 Å². The summed E-state index contributed by atoms with van der Waals surface area (Å²) in [7, 11) is 1.56. The van der Waals surface area contributed by atoms with E-state index in [0.29, 0.717) is 41.8 Å². The van der Waals surface area contributed by atoms with Crippen LogP contribution < -0.4 is 24.8 Å². The van der Waals surface area contributed by atoms with Gasteiger partial charge in [-0.05, 0) is 54.8 Å². The van der Waals surface area contributed by atoms with E-state index in [-0.39, 0.29) is 17.7 Å². The van der Waals surface area contributed by atoms with Crippen molar-refractivity contribution in [3.05, 3.63) is 48.0 Å². The Hall–Kier alpha value is -3.48. The van der Waals surface area contributed by atoms with Gasteiger partial charge in [-0.1, -0.05) is 6.07 Å². The van der Waals surface area contributed by atoms with Crippen LogP contribution in [0.2, 0.25) is 0 Å². The van der Waals surface area contributed by atoms with Crippen LogP contribution in [0, 0.1) is 5.92 Å². The van der Waals surface area contributed by atoms with Gasteiger partial charge in [-0.2, -0.15) is 0 Å². The lowest BCUT2D eigenvalue weighted by Crippen LogP contribution is -2.16. The molecule has 2 N–H and O–H groups in total. The number of rotatable bonds is 6. The van der Waals surface area contributed by atoms with Crippen LogP contribution in [0.1, 0.15) is 18.4 Å². The number of hydrogen-bond acceptors (Lipinski definition) is 5. The molecule has 1 heterocycles. The molecule has 1 aliphatic carbocycles. The first-order valence-electron chi connectivity index (χ1n) is 9.50. The van der Waals surface area contributed by atoms with Crippen LogP contribution in [0.25, 0.3) is 6.08 Å². The van der Waals surface area contributed by atoms with E-state index in [1.807, 2.05) is 0 Å². The summed E-state index contributed by atoms with van der Waals surface area (Å²) in [4.78, 5) is 24.2. The quantitative estimate of drug-likeness (QED) is 0.733. The summed E-state index contributed by atoms with van der Waals surface area (Å²) < 4.78 is 16.5. The summed E-state index contributed by atoms with van der Waals surface area (Å²) in [5, 5.41) is 5.67. The van der Waals surface area contributed by atoms with Crippen LogP contribution in [0.5, 0.6) is 17.2 Å². The lowest BCUT2D eigenvalue weighted by molar-refractivity contribution is -0.117. The number of methoxy groups -OCH3 is 1. The molecule has 2 aromatic carbocycles. The van der Waals surface area contributed by atoms with Gasteiger partial charge in [0.2, 0.25) is 17.6 Å². The summed E-state index contributed by atoms with van der Waals surface area (Å²) in [6.45, 7) is 0.943. The molecule has 7 nitrogen and oxygen atoms in total. The fraction of sp³-hybridized carbons (Fsp3) is 0.273. The Morgan fingerprint density at radius 2 is 1.83 bits per heavy atom. The fourth-order valence-electron chi connectivity index (χ4n) is 3.01. The summed E-state index contributed by atoms with van der Waals surface area (Å²) in [5.41, 5.74) is 2.03. The highest BCUT2D eigenvalue weighted by atomic mass is 16.6. The van der Waals surface area contributed by atoms with Crippen molar-refractivity contribution in [1.29, 1.82) is 0 Å². The molecule has 2 aliphatic rings. The second kappa shape index (κ2) is 8.26. The number of carbonyl (C=O) groups is 2. The number of amides is 2. The molecule has 150 valence electrons. The molecule has 1 fully saturated rings. The van der Waals surface area contributed by atoms with E-state index in [1.165, 1.54) is 6.08 Å². The Morgan fingerprint density at radius 3 is 2.59 bits per heavy atom. The lowest BCUT2D eigenvalue weighted by Gasteiger charge is -2.20. The van der Waals surface area contributed by atoms with Gasteiger partial charge in [-0.3, -0.25) is 9.59 Å². The van der Waals surface area contributed by atoms with Gasteiger partial charge in [0, 0.05) is 23.4 Å². The summed E-state index contributed by atoms with van der Waals surface area (Å²) in [6.07, 6.45) is 4.99.